The van der Waals surface area contributed by atoms with E-state index in [4.69, 9.17) is 0 Å². The lowest BCUT2D eigenvalue weighted by atomic mass is 9.93. The number of hydrogen-bond donors (Lipinski definition) is 0. The zero-order chi connectivity index (χ0) is 21.8. The van der Waals surface area contributed by atoms with E-state index in [0.717, 1.165) is 29.6 Å². The molecule has 2 aromatic heterocycles. The summed E-state index contributed by atoms with van der Waals surface area (Å²) in [6.45, 7) is 6.14. The van der Waals surface area contributed by atoms with Crippen molar-refractivity contribution >= 4 is 28.1 Å². The normalized spacial score (nSPS) is 12.2. The minimum Gasteiger partial charge on any atom is -0.343 e. The monoisotopic (exact) mass is 434 g/mol. The average Bonchev–Trinajstić information content (AvgIpc) is 3.44. The molecular weight excluding hydrogens is 407 g/mol. The highest BCUT2D eigenvalue weighted by atomic mass is 32.1. The number of thiophene rings is 1. The van der Waals surface area contributed by atoms with Crippen LogP contribution in [0.1, 0.15) is 42.2 Å². The van der Waals surface area contributed by atoms with Gasteiger partial charge < -0.3 is 9.47 Å². The quantitative estimate of drug-likeness (QED) is 0.320. The largest absolute Gasteiger partial charge is 0.343 e. The second-order valence-electron chi connectivity index (χ2n) is 7.69. The van der Waals surface area contributed by atoms with Crippen molar-refractivity contribution in [1.82, 2.24) is 9.47 Å². The van der Waals surface area contributed by atoms with Gasteiger partial charge in [0.05, 0.1) is 0 Å². The van der Waals surface area contributed by atoms with Crippen molar-refractivity contribution in [3.05, 3.63) is 94.1 Å². The first-order valence-corrected chi connectivity index (χ1v) is 11.6. The first-order chi connectivity index (χ1) is 15.1. The Morgan fingerprint density at radius 2 is 1.77 bits per heavy atom. The Kier molecular flexibility index (Phi) is 6.52. The summed E-state index contributed by atoms with van der Waals surface area (Å²) >= 11 is 1.70. The molecule has 0 aliphatic heterocycles. The first kappa shape index (κ1) is 21.3. The van der Waals surface area contributed by atoms with Crippen molar-refractivity contribution in [2.75, 3.05) is 13.1 Å². The van der Waals surface area contributed by atoms with Gasteiger partial charge in [-0.15, -0.1) is 11.3 Å². The minimum absolute atomic E-state index is 0.00691. The second kappa shape index (κ2) is 9.48. The molecule has 1 atom stereocenters. The number of aromatic nitrogens is 1. The Bertz CT molecular complexity index is 1140. The van der Waals surface area contributed by atoms with Crippen LogP contribution in [0.3, 0.4) is 0 Å². The van der Waals surface area contributed by atoms with E-state index in [1.807, 2.05) is 49.1 Å². The van der Waals surface area contributed by atoms with Crippen LogP contribution in [0.5, 0.6) is 0 Å². The SMILES string of the molecule is CCN(CC)C(=O)CC(c1cccs1)c1cn(Cc2ccc(F)cc2)c2ccccc12. The number of halogens is 1. The fraction of sp³-hybridized carbons (Fsp3) is 0.269. The fourth-order valence-electron chi connectivity index (χ4n) is 4.20. The van der Waals surface area contributed by atoms with Crippen molar-refractivity contribution in [2.24, 2.45) is 0 Å². The number of benzene rings is 2. The lowest BCUT2D eigenvalue weighted by Gasteiger charge is -2.22. The second-order valence-corrected chi connectivity index (χ2v) is 8.67. The van der Waals surface area contributed by atoms with E-state index in [0.29, 0.717) is 13.0 Å². The molecule has 0 aliphatic carbocycles. The molecule has 5 heteroatoms. The van der Waals surface area contributed by atoms with Crippen LogP contribution >= 0.6 is 11.3 Å². The lowest BCUT2D eigenvalue weighted by Crippen LogP contribution is -2.31. The highest BCUT2D eigenvalue weighted by Crippen LogP contribution is 2.37. The molecule has 1 amide bonds. The Balaban J connectivity index is 1.76. The summed E-state index contributed by atoms with van der Waals surface area (Å²) in [4.78, 5) is 16.1. The Morgan fingerprint density at radius 3 is 2.45 bits per heavy atom. The Morgan fingerprint density at radius 1 is 1.03 bits per heavy atom. The van der Waals surface area contributed by atoms with Gasteiger partial charge in [-0.25, -0.2) is 4.39 Å². The summed E-state index contributed by atoms with van der Waals surface area (Å²) in [5.74, 6) is -0.0410. The molecule has 2 heterocycles. The molecule has 4 rings (SSSR count). The third-order valence-corrected chi connectivity index (χ3v) is 6.83. The number of amides is 1. The summed E-state index contributed by atoms with van der Waals surface area (Å²) in [5.41, 5.74) is 3.33. The van der Waals surface area contributed by atoms with Gasteiger partial charge in [0.25, 0.3) is 0 Å². The predicted molar refractivity (Wildman–Crippen MR) is 126 cm³/mol. The highest BCUT2D eigenvalue weighted by Gasteiger charge is 2.25. The van der Waals surface area contributed by atoms with Crippen molar-refractivity contribution in [2.45, 2.75) is 32.7 Å². The highest BCUT2D eigenvalue weighted by molar-refractivity contribution is 7.10. The summed E-state index contributed by atoms with van der Waals surface area (Å²) in [7, 11) is 0. The maximum atomic E-state index is 13.3. The van der Waals surface area contributed by atoms with Crippen LogP contribution in [0.2, 0.25) is 0 Å². The van der Waals surface area contributed by atoms with E-state index < -0.39 is 0 Å². The zero-order valence-electron chi connectivity index (χ0n) is 17.9. The minimum atomic E-state index is -0.227. The van der Waals surface area contributed by atoms with Crippen molar-refractivity contribution in [3.63, 3.8) is 0 Å². The van der Waals surface area contributed by atoms with Crippen LogP contribution in [0.25, 0.3) is 10.9 Å². The number of carbonyl (C=O) groups is 1. The van der Waals surface area contributed by atoms with Crippen LogP contribution in [0, 0.1) is 5.82 Å². The summed E-state index contributed by atoms with van der Waals surface area (Å²) in [5, 5.41) is 3.23. The summed E-state index contributed by atoms with van der Waals surface area (Å²) in [6.07, 6.45) is 2.63. The van der Waals surface area contributed by atoms with Crippen molar-refractivity contribution in [3.8, 4) is 0 Å². The van der Waals surface area contributed by atoms with E-state index in [1.165, 1.54) is 22.6 Å². The molecule has 0 fully saturated rings. The molecule has 0 radical (unpaired) electrons. The van der Waals surface area contributed by atoms with E-state index in [1.54, 1.807) is 11.3 Å². The molecule has 3 nitrogen and oxygen atoms in total. The zero-order valence-corrected chi connectivity index (χ0v) is 18.7. The maximum absolute atomic E-state index is 13.3. The molecule has 4 aromatic rings. The van der Waals surface area contributed by atoms with Gasteiger partial charge in [-0.2, -0.15) is 0 Å². The Hall–Kier alpha value is -2.92. The van der Waals surface area contributed by atoms with Gasteiger partial charge in [-0.3, -0.25) is 4.79 Å². The number of nitrogens with zero attached hydrogens (tertiary/aromatic N) is 2. The lowest BCUT2D eigenvalue weighted by molar-refractivity contribution is -0.131. The molecule has 0 bridgehead atoms. The van der Waals surface area contributed by atoms with Gasteiger partial charge in [-0.1, -0.05) is 36.4 Å². The topological polar surface area (TPSA) is 25.2 Å². The number of carbonyl (C=O) groups excluding carboxylic acids is 1. The Labute approximate surface area is 186 Å². The molecule has 31 heavy (non-hydrogen) atoms. The van der Waals surface area contributed by atoms with E-state index >= 15 is 0 Å². The van der Waals surface area contributed by atoms with Gasteiger partial charge in [0, 0.05) is 53.9 Å². The fourth-order valence-corrected chi connectivity index (χ4v) is 5.05. The van der Waals surface area contributed by atoms with Crippen LogP contribution in [-0.4, -0.2) is 28.5 Å². The molecule has 2 aromatic carbocycles. The van der Waals surface area contributed by atoms with Crippen LogP contribution in [0.15, 0.2) is 72.2 Å². The number of hydrogen-bond acceptors (Lipinski definition) is 2. The van der Waals surface area contributed by atoms with Crippen molar-refractivity contribution < 1.29 is 9.18 Å². The molecule has 1 unspecified atom stereocenters. The van der Waals surface area contributed by atoms with Gasteiger partial charge in [0.15, 0.2) is 0 Å². The maximum Gasteiger partial charge on any atom is 0.223 e. The van der Waals surface area contributed by atoms with Gasteiger partial charge in [0.2, 0.25) is 5.91 Å². The van der Waals surface area contributed by atoms with Crippen LogP contribution < -0.4 is 0 Å². The summed E-state index contributed by atoms with van der Waals surface area (Å²) in [6, 6.07) is 19.1. The van der Waals surface area contributed by atoms with Crippen molar-refractivity contribution in [1.29, 1.82) is 0 Å². The molecule has 160 valence electrons. The molecule has 0 aliphatic rings. The van der Waals surface area contributed by atoms with E-state index in [9.17, 15) is 9.18 Å². The summed E-state index contributed by atoms with van der Waals surface area (Å²) < 4.78 is 15.6. The number of rotatable bonds is 8. The number of para-hydroxylation sites is 1. The smallest absolute Gasteiger partial charge is 0.223 e. The standard InChI is InChI=1S/C26H27FN2OS/c1-3-28(4-2)26(30)16-22(25-10-7-15-31-25)23-18-29(24-9-6-5-8-21(23)24)17-19-11-13-20(27)14-12-19/h5-15,18,22H,3-4,16-17H2,1-2H3. The molecule has 0 saturated heterocycles. The van der Waals surface area contributed by atoms with Gasteiger partial charge in [0.1, 0.15) is 5.82 Å². The van der Waals surface area contributed by atoms with Gasteiger partial charge in [-0.05, 0) is 54.6 Å². The first-order valence-electron chi connectivity index (χ1n) is 10.7. The molecule has 0 N–H and O–H groups in total. The van der Waals surface area contributed by atoms with E-state index in [-0.39, 0.29) is 17.6 Å². The third-order valence-electron chi connectivity index (χ3n) is 5.84. The molecular formula is C26H27FN2OS. The third kappa shape index (κ3) is 4.57. The average molecular weight is 435 g/mol. The van der Waals surface area contributed by atoms with Gasteiger partial charge >= 0.3 is 0 Å². The predicted octanol–water partition coefficient (Wildman–Crippen LogP) is 6.28. The number of fused-ring (bicyclic) bond motifs is 1. The van der Waals surface area contributed by atoms with Crippen LogP contribution in [0.4, 0.5) is 4.39 Å². The van der Waals surface area contributed by atoms with Crippen LogP contribution in [-0.2, 0) is 11.3 Å². The molecule has 0 saturated carbocycles. The van der Waals surface area contributed by atoms with E-state index in [2.05, 4.69) is 34.3 Å². The molecule has 0 spiro atoms.